The Hall–Kier alpha value is -1.16. The highest BCUT2D eigenvalue weighted by molar-refractivity contribution is 14.0. The van der Waals surface area contributed by atoms with E-state index < -0.39 is 5.82 Å². The maximum atomic E-state index is 14.0. The van der Waals surface area contributed by atoms with Crippen LogP contribution >= 0.6 is 24.0 Å². The number of nitrogens with one attached hydrogen (secondary N) is 1. The van der Waals surface area contributed by atoms with Gasteiger partial charge in [-0.05, 0) is 57.5 Å². The maximum absolute atomic E-state index is 14.0. The molecule has 0 atom stereocenters. The first-order valence-electron chi connectivity index (χ1n) is 10.1. The van der Waals surface area contributed by atoms with E-state index in [-0.39, 0.29) is 29.8 Å². The Labute approximate surface area is 184 Å². The van der Waals surface area contributed by atoms with E-state index in [4.69, 9.17) is 0 Å². The Morgan fingerprint density at radius 3 is 2.43 bits per heavy atom. The molecule has 3 rings (SSSR count). The molecule has 0 amide bonds. The van der Waals surface area contributed by atoms with Gasteiger partial charge in [0.25, 0.3) is 0 Å². The van der Waals surface area contributed by atoms with Crippen LogP contribution < -0.4 is 10.2 Å². The summed E-state index contributed by atoms with van der Waals surface area (Å²) in [7, 11) is 1.80. The van der Waals surface area contributed by atoms with Crippen molar-refractivity contribution in [2.75, 3.05) is 64.3 Å². The number of likely N-dealkylation sites (tertiary alicyclic amines) is 1. The molecule has 0 saturated carbocycles. The molecule has 1 N–H and O–H groups in total. The summed E-state index contributed by atoms with van der Waals surface area (Å²) < 4.78 is 27.4. The number of aliphatic imine (C=N–C) groups is 1. The third-order valence-corrected chi connectivity index (χ3v) is 5.42. The minimum absolute atomic E-state index is 0. The summed E-state index contributed by atoms with van der Waals surface area (Å²) in [5.74, 6) is 0.126. The van der Waals surface area contributed by atoms with Crippen molar-refractivity contribution < 1.29 is 8.78 Å². The fourth-order valence-electron chi connectivity index (χ4n) is 3.89. The summed E-state index contributed by atoms with van der Waals surface area (Å²) >= 11 is 0. The number of anilines is 1. The van der Waals surface area contributed by atoms with Crippen LogP contribution in [0, 0.1) is 11.6 Å². The topological polar surface area (TPSA) is 34.1 Å². The van der Waals surface area contributed by atoms with Crippen molar-refractivity contribution in [2.24, 2.45) is 4.99 Å². The van der Waals surface area contributed by atoms with Gasteiger partial charge in [0.2, 0.25) is 0 Å². The van der Waals surface area contributed by atoms with Gasteiger partial charge in [0.15, 0.2) is 5.96 Å². The maximum Gasteiger partial charge on any atom is 0.193 e. The van der Waals surface area contributed by atoms with Crippen LogP contribution in [0.5, 0.6) is 0 Å². The van der Waals surface area contributed by atoms with Crippen LogP contribution in [0.15, 0.2) is 23.2 Å². The molecule has 2 aliphatic rings. The number of benzene rings is 1. The number of halogens is 3. The number of guanidine groups is 1. The first kappa shape index (κ1) is 23.1. The molecular weight excluding hydrogens is 475 g/mol. The van der Waals surface area contributed by atoms with E-state index in [0.29, 0.717) is 18.8 Å². The molecule has 1 aromatic carbocycles. The van der Waals surface area contributed by atoms with Crippen molar-refractivity contribution in [3.8, 4) is 0 Å². The molecule has 0 unspecified atom stereocenters. The summed E-state index contributed by atoms with van der Waals surface area (Å²) in [5, 5.41) is 3.44. The first-order chi connectivity index (χ1) is 13.2. The first-order valence-corrected chi connectivity index (χ1v) is 10.1. The molecule has 158 valence electrons. The van der Waals surface area contributed by atoms with E-state index in [2.05, 4.69) is 20.1 Å². The second kappa shape index (κ2) is 11.7. The molecule has 2 heterocycles. The Morgan fingerprint density at radius 1 is 1.04 bits per heavy atom. The molecule has 2 fully saturated rings. The highest BCUT2D eigenvalue weighted by Gasteiger charge is 2.22. The quantitative estimate of drug-likeness (QED) is 0.278. The molecule has 0 spiro atoms. The normalized spacial score (nSPS) is 18.3. The number of hydrogen-bond acceptors (Lipinski definition) is 3. The van der Waals surface area contributed by atoms with Gasteiger partial charge in [-0.2, -0.15) is 0 Å². The molecule has 0 bridgehead atoms. The molecule has 0 aromatic heterocycles. The average Bonchev–Trinajstić information content (AvgIpc) is 3.20. The summed E-state index contributed by atoms with van der Waals surface area (Å²) in [6.07, 6.45) is 5.02. The van der Waals surface area contributed by atoms with Crippen molar-refractivity contribution in [3.63, 3.8) is 0 Å². The molecule has 2 aliphatic heterocycles. The Balaban J connectivity index is 0.00000280. The number of nitrogens with zero attached hydrogens (tertiary/aromatic N) is 4. The number of unbranched alkanes of at least 4 members (excludes halogenated alkanes) is 1. The fraction of sp³-hybridized carbons (Fsp3) is 0.650. The van der Waals surface area contributed by atoms with Crippen LogP contribution in [-0.4, -0.2) is 75.2 Å². The summed E-state index contributed by atoms with van der Waals surface area (Å²) in [4.78, 5) is 11.0. The predicted molar refractivity (Wildman–Crippen MR) is 122 cm³/mol. The molecular formula is C20H32F2IN5. The van der Waals surface area contributed by atoms with Gasteiger partial charge in [0, 0.05) is 45.8 Å². The third kappa shape index (κ3) is 6.43. The van der Waals surface area contributed by atoms with Crippen molar-refractivity contribution in [3.05, 3.63) is 29.8 Å². The smallest absolute Gasteiger partial charge is 0.193 e. The Bertz CT molecular complexity index is 629. The van der Waals surface area contributed by atoms with Gasteiger partial charge in [-0.1, -0.05) is 0 Å². The highest BCUT2D eigenvalue weighted by Crippen LogP contribution is 2.21. The zero-order valence-corrected chi connectivity index (χ0v) is 19.0. The second-order valence-electron chi connectivity index (χ2n) is 7.30. The SMILES string of the molecule is CN=C(NCCCCN1CCCC1)N1CCN(c2cc(F)ccc2F)CC1.I. The number of piperazine rings is 1. The lowest BCUT2D eigenvalue weighted by Crippen LogP contribution is -2.52. The standard InChI is InChI=1S/C20H31F2N5.HI/c1-23-20(24-8-2-3-9-25-10-4-5-11-25)27-14-12-26(13-15-27)19-16-17(21)6-7-18(19)22;/h6-7,16H,2-5,8-15H2,1H3,(H,23,24);1H. The van der Waals surface area contributed by atoms with Crippen molar-refractivity contribution in [1.29, 1.82) is 0 Å². The van der Waals surface area contributed by atoms with Gasteiger partial charge < -0.3 is 20.0 Å². The van der Waals surface area contributed by atoms with Crippen molar-refractivity contribution in [2.45, 2.75) is 25.7 Å². The Morgan fingerprint density at radius 2 is 1.75 bits per heavy atom. The van der Waals surface area contributed by atoms with E-state index in [1.54, 1.807) is 7.05 Å². The molecule has 1 aromatic rings. The summed E-state index contributed by atoms with van der Waals surface area (Å²) in [5.41, 5.74) is 0.347. The third-order valence-electron chi connectivity index (χ3n) is 5.42. The summed E-state index contributed by atoms with van der Waals surface area (Å²) in [6.45, 7) is 7.40. The molecule has 0 radical (unpaired) electrons. The fourth-order valence-corrected chi connectivity index (χ4v) is 3.89. The van der Waals surface area contributed by atoms with Crippen LogP contribution in [-0.2, 0) is 0 Å². The van der Waals surface area contributed by atoms with Gasteiger partial charge in [-0.3, -0.25) is 4.99 Å². The molecule has 5 nitrogen and oxygen atoms in total. The van der Waals surface area contributed by atoms with E-state index in [1.165, 1.54) is 51.0 Å². The molecule has 0 aliphatic carbocycles. The zero-order chi connectivity index (χ0) is 19.1. The second-order valence-corrected chi connectivity index (χ2v) is 7.30. The predicted octanol–water partition coefficient (Wildman–Crippen LogP) is 3.16. The van der Waals surface area contributed by atoms with Gasteiger partial charge in [-0.25, -0.2) is 8.78 Å². The monoisotopic (exact) mass is 507 g/mol. The highest BCUT2D eigenvalue weighted by atomic mass is 127. The van der Waals surface area contributed by atoms with Crippen molar-refractivity contribution in [1.82, 2.24) is 15.1 Å². The van der Waals surface area contributed by atoms with Crippen LogP contribution in [0.25, 0.3) is 0 Å². The van der Waals surface area contributed by atoms with Gasteiger partial charge in [0.05, 0.1) is 5.69 Å². The molecule has 8 heteroatoms. The van der Waals surface area contributed by atoms with Gasteiger partial charge in [0.1, 0.15) is 11.6 Å². The van der Waals surface area contributed by atoms with E-state index in [9.17, 15) is 8.78 Å². The van der Waals surface area contributed by atoms with Crippen LogP contribution in [0.1, 0.15) is 25.7 Å². The van der Waals surface area contributed by atoms with E-state index >= 15 is 0 Å². The number of rotatable bonds is 6. The lowest BCUT2D eigenvalue weighted by atomic mass is 10.2. The van der Waals surface area contributed by atoms with Gasteiger partial charge >= 0.3 is 0 Å². The van der Waals surface area contributed by atoms with Crippen LogP contribution in [0.3, 0.4) is 0 Å². The molecule has 28 heavy (non-hydrogen) atoms. The average molecular weight is 507 g/mol. The van der Waals surface area contributed by atoms with E-state index in [0.717, 1.165) is 38.1 Å². The van der Waals surface area contributed by atoms with Crippen LogP contribution in [0.2, 0.25) is 0 Å². The van der Waals surface area contributed by atoms with E-state index in [1.807, 2.05) is 4.90 Å². The minimum Gasteiger partial charge on any atom is -0.366 e. The van der Waals surface area contributed by atoms with Crippen molar-refractivity contribution >= 4 is 35.6 Å². The Kier molecular flexibility index (Phi) is 9.70. The minimum atomic E-state index is -0.403. The lowest BCUT2D eigenvalue weighted by Gasteiger charge is -2.37. The lowest BCUT2D eigenvalue weighted by molar-refractivity contribution is 0.329. The molecule has 2 saturated heterocycles. The van der Waals surface area contributed by atoms with Gasteiger partial charge in [-0.15, -0.1) is 24.0 Å². The zero-order valence-electron chi connectivity index (χ0n) is 16.7. The van der Waals surface area contributed by atoms with Crippen LogP contribution in [0.4, 0.5) is 14.5 Å². The largest absolute Gasteiger partial charge is 0.366 e. The number of hydrogen-bond donors (Lipinski definition) is 1. The summed E-state index contributed by atoms with van der Waals surface area (Å²) in [6, 6.07) is 3.63.